The molecular weight excluding hydrogens is 266 g/mol. The zero-order chi connectivity index (χ0) is 13.4. The summed E-state index contributed by atoms with van der Waals surface area (Å²) < 4.78 is 1.73. The van der Waals surface area contributed by atoms with Gasteiger partial charge in [-0.05, 0) is 18.2 Å². The van der Waals surface area contributed by atoms with Crippen LogP contribution in [-0.4, -0.2) is 25.6 Å². The summed E-state index contributed by atoms with van der Waals surface area (Å²) in [6.07, 6.45) is 2.89. The molecule has 19 heavy (non-hydrogen) atoms. The Morgan fingerprint density at radius 3 is 2.79 bits per heavy atom. The van der Waals surface area contributed by atoms with Crippen molar-refractivity contribution in [3.8, 4) is 5.82 Å². The number of fused-ring (bicyclic) bond motifs is 1. The largest absolute Gasteiger partial charge is 0.478 e. The highest BCUT2D eigenvalue weighted by molar-refractivity contribution is 6.32. The molecule has 0 saturated heterocycles. The second-order valence-corrected chi connectivity index (χ2v) is 4.35. The van der Waals surface area contributed by atoms with Crippen LogP contribution >= 0.6 is 11.6 Å². The Morgan fingerprint density at radius 1 is 1.26 bits per heavy atom. The Hall–Kier alpha value is -2.40. The summed E-state index contributed by atoms with van der Waals surface area (Å²) in [5.74, 6) is -0.600. The predicted molar refractivity (Wildman–Crippen MR) is 70.8 cm³/mol. The van der Waals surface area contributed by atoms with Gasteiger partial charge in [-0.25, -0.2) is 14.8 Å². The molecule has 0 spiro atoms. The van der Waals surface area contributed by atoms with Crippen LogP contribution in [0.5, 0.6) is 0 Å². The summed E-state index contributed by atoms with van der Waals surface area (Å²) in [5, 5.41) is 9.15. The summed E-state index contributed by atoms with van der Waals surface area (Å²) in [5.41, 5.74) is 1.74. The molecule has 3 rings (SSSR count). The van der Waals surface area contributed by atoms with Crippen molar-refractivity contribution in [1.29, 1.82) is 0 Å². The lowest BCUT2D eigenvalue weighted by Crippen LogP contribution is -2.02. The number of aromatic carboxylic acids is 1. The average Bonchev–Trinajstić information content (AvgIpc) is 2.82. The van der Waals surface area contributed by atoms with Crippen molar-refractivity contribution >= 4 is 28.6 Å². The molecule has 0 aliphatic carbocycles. The monoisotopic (exact) mass is 273 g/mol. The maximum absolute atomic E-state index is 10.8. The average molecular weight is 274 g/mol. The molecule has 0 radical (unpaired) electrons. The van der Waals surface area contributed by atoms with Crippen molar-refractivity contribution in [2.24, 2.45) is 0 Å². The van der Waals surface area contributed by atoms with E-state index in [1.54, 1.807) is 10.9 Å². The zero-order valence-electron chi connectivity index (χ0n) is 9.62. The maximum atomic E-state index is 10.8. The third-order valence-corrected chi connectivity index (χ3v) is 3.03. The first-order valence-corrected chi connectivity index (χ1v) is 5.86. The molecule has 0 fully saturated rings. The van der Waals surface area contributed by atoms with E-state index in [-0.39, 0.29) is 10.6 Å². The van der Waals surface area contributed by atoms with Crippen LogP contribution < -0.4 is 0 Å². The Morgan fingerprint density at radius 2 is 2.05 bits per heavy atom. The second-order valence-electron chi connectivity index (χ2n) is 3.94. The standard InChI is InChI=1S/C13H8ClN3O2/c14-9-5-8(13(18)19)6-15-12(9)17-7-16-10-3-1-2-4-11(10)17/h1-7H,(H,18,19). The van der Waals surface area contributed by atoms with Gasteiger partial charge in [0.05, 0.1) is 21.6 Å². The molecule has 1 N–H and O–H groups in total. The van der Waals surface area contributed by atoms with E-state index in [4.69, 9.17) is 16.7 Å². The number of aromatic nitrogens is 3. The van der Waals surface area contributed by atoms with E-state index in [2.05, 4.69) is 9.97 Å². The Labute approximate surface area is 113 Å². The van der Waals surface area contributed by atoms with Crippen LogP contribution in [0.3, 0.4) is 0 Å². The molecule has 6 heteroatoms. The van der Waals surface area contributed by atoms with Crippen LogP contribution in [0.2, 0.25) is 5.02 Å². The van der Waals surface area contributed by atoms with Gasteiger partial charge in [-0.15, -0.1) is 0 Å². The Kier molecular flexibility index (Phi) is 2.68. The van der Waals surface area contributed by atoms with Gasteiger partial charge in [-0.3, -0.25) is 4.57 Å². The number of carbonyl (C=O) groups is 1. The molecule has 0 aliphatic heterocycles. The van der Waals surface area contributed by atoms with E-state index in [1.165, 1.54) is 12.3 Å². The van der Waals surface area contributed by atoms with Gasteiger partial charge < -0.3 is 5.11 Å². The number of para-hydroxylation sites is 2. The minimum absolute atomic E-state index is 0.0539. The van der Waals surface area contributed by atoms with Gasteiger partial charge in [0.25, 0.3) is 0 Å². The fourth-order valence-electron chi connectivity index (χ4n) is 1.85. The van der Waals surface area contributed by atoms with Crippen molar-refractivity contribution in [2.45, 2.75) is 0 Å². The number of imidazole rings is 1. The molecule has 1 aromatic carbocycles. The van der Waals surface area contributed by atoms with Crippen LogP contribution in [0.25, 0.3) is 16.9 Å². The summed E-state index contributed by atoms with van der Waals surface area (Å²) in [6, 6.07) is 8.93. The highest BCUT2D eigenvalue weighted by Gasteiger charge is 2.12. The van der Waals surface area contributed by atoms with Gasteiger partial charge in [0.2, 0.25) is 0 Å². The maximum Gasteiger partial charge on any atom is 0.337 e. The van der Waals surface area contributed by atoms with E-state index in [0.717, 1.165) is 11.0 Å². The van der Waals surface area contributed by atoms with Gasteiger partial charge >= 0.3 is 5.97 Å². The topological polar surface area (TPSA) is 68.0 Å². The highest BCUT2D eigenvalue weighted by atomic mass is 35.5. The quantitative estimate of drug-likeness (QED) is 0.779. The molecule has 2 heterocycles. The third-order valence-electron chi connectivity index (χ3n) is 2.75. The molecule has 0 aliphatic rings. The van der Waals surface area contributed by atoms with Gasteiger partial charge in [0.1, 0.15) is 6.33 Å². The minimum atomic E-state index is -1.06. The normalized spacial score (nSPS) is 10.8. The second kappa shape index (κ2) is 4.37. The van der Waals surface area contributed by atoms with Crippen LogP contribution in [0, 0.1) is 0 Å². The number of halogens is 1. The summed E-state index contributed by atoms with van der Waals surface area (Å²) in [4.78, 5) is 19.2. The van der Waals surface area contributed by atoms with Gasteiger partial charge in [0.15, 0.2) is 5.82 Å². The fourth-order valence-corrected chi connectivity index (χ4v) is 2.11. The fraction of sp³-hybridized carbons (Fsp3) is 0. The first kappa shape index (κ1) is 11.7. The van der Waals surface area contributed by atoms with Crippen LogP contribution in [0.4, 0.5) is 0 Å². The summed E-state index contributed by atoms with van der Waals surface area (Å²) >= 11 is 6.09. The van der Waals surface area contributed by atoms with Crippen molar-refractivity contribution < 1.29 is 9.90 Å². The van der Waals surface area contributed by atoms with E-state index in [9.17, 15) is 4.79 Å². The first-order chi connectivity index (χ1) is 9.16. The lowest BCUT2D eigenvalue weighted by molar-refractivity contribution is 0.0696. The van der Waals surface area contributed by atoms with Crippen LogP contribution in [0.15, 0.2) is 42.9 Å². The smallest absolute Gasteiger partial charge is 0.337 e. The van der Waals surface area contributed by atoms with Crippen LogP contribution in [-0.2, 0) is 0 Å². The van der Waals surface area contributed by atoms with Gasteiger partial charge in [-0.1, -0.05) is 23.7 Å². The number of rotatable bonds is 2. The number of carboxylic acids is 1. The number of benzene rings is 1. The molecule has 0 saturated carbocycles. The van der Waals surface area contributed by atoms with E-state index < -0.39 is 5.97 Å². The predicted octanol–water partition coefficient (Wildman–Crippen LogP) is 2.77. The van der Waals surface area contributed by atoms with Crippen molar-refractivity contribution in [3.05, 3.63) is 53.4 Å². The SMILES string of the molecule is O=C(O)c1cnc(-n2cnc3ccccc32)c(Cl)c1. The molecule has 0 amide bonds. The van der Waals surface area contributed by atoms with Gasteiger partial charge in [-0.2, -0.15) is 0 Å². The number of carboxylic acid groups (broad SMARTS) is 1. The number of hydrogen-bond acceptors (Lipinski definition) is 3. The van der Waals surface area contributed by atoms with E-state index in [1.807, 2.05) is 24.3 Å². The summed E-state index contributed by atoms with van der Waals surface area (Å²) in [7, 11) is 0. The van der Waals surface area contributed by atoms with Crippen molar-refractivity contribution in [3.63, 3.8) is 0 Å². The van der Waals surface area contributed by atoms with Crippen molar-refractivity contribution in [1.82, 2.24) is 14.5 Å². The molecule has 2 aromatic heterocycles. The Bertz CT molecular complexity index is 782. The molecular formula is C13H8ClN3O2. The summed E-state index contributed by atoms with van der Waals surface area (Å²) in [6.45, 7) is 0. The highest BCUT2D eigenvalue weighted by Crippen LogP contribution is 2.23. The first-order valence-electron chi connectivity index (χ1n) is 5.48. The van der Waals surface area contributed by atoms with Crippen LogP contribution in [0.1, 0.15) is 10.4 Å². The molecule has 94 valence electrons. The lowest BCUT2D eigenvalue weighted by atomic mass is 10.3. The number of pyridine rings is 1. The lowest BCUT2D eigenvalue weighted by Gasteiger charge is -2.06. The van der Waals surface area contributed by atoms with Crippen molar-refractivity contribution in [2.75, 3.05) is 0 Å². The minimum Gasteiger partial charge on any atom is -0.478 e. The molecule has 0 bridgehead atoms. The molecule has 5 nitrogen and oxygen atoms in total. The zero-order valence-corrected chi connectivity index (χ0v) is 10.4. The molecule has 3 aromatic rings. The molecule has 0 atom stereocenters. The number of nitrogens with zero attached hydrogens (tertiary/aromatic N) is 3. The van der Waals surface area contributed by atoms with E-state index in [0.29, 0.717) is 5.82 Å². The van der Waals surface area contributed by atoms with E-state index >= 15 is 0 Å². The third kappa shape index (κ3) is 1.94. The number of hydrogen-bond donors (Lipinski definition) is 1. The molecule has 0 unspecified atom stereocenters. The van der Waals surface area contributed by atoms with Gasteiger partial charge in [0, 0.05) is 6.20 Å². The Balaban J connectivity index is 2.19.